The fourth-order valence-electron chi connectivity index (χ4n) is 1.80. The summed E-state index contributed by atoms with van der Waals surface area (Å²) in [5.74, 6) is 0.576. The molecule has 0 aliphatic carbocycles. The molecule has 0 bridgehead atoms. The summed E-state index contributed by atoms with van der Waals surface area (Å²) in [6, 6.07) is 11.5. The predicted molar refractivity (Wildman–Crippen MR) is 96.9 cm³/mol. The molecule has 3 nitrogen and oxygen atoms in total. The number of hydrogen-bond donors (Lipinski definition) is 1. The Bertz CT molecular complexity index is 673. The molecule has 0 aliphatic rings. The van der Waals surface area contributed by atoms with Crippen LogP contribution in [0.25, 0.3) is 0 Å². The highest BCUT2D eigenvalue weighted by molar-refractivity contribution is 14.1. The highest BCUT2D eigenvalue weighted by Crippen LogP contribution is 2.23. The Labute approximate surface area is 146 Å². The number of carbonyl (C=O) groups is 1. The van der Waals surface area contributed by atoms with Gasteiger partial charge in [0.15, 0.2) is 6.61 Å². The molecule has 1 N–H and O–H groups in total. The van der Waals surface area contributed by atoms with Crippen molar-refractivity contribution in [3.63, 3.8) is 0 Å². The molecule has 0 heterocycles. The van der Waals surface area contributed by atoms with Crippen LogP contribution in [0.15, 0.2) is 40.9 Å². The second-order valence-electron chi connectivity index (χ2n) is 4.66. The van der Waals surface area contributed by atoms with E-state index < -0.39 is 0 Å². The van der Waals surface area contributed by atoms with Crippen LogP contribution in [0, 0.1) is 17.4 Å². The van der Waals surface area contributed by atoms with Gasteiger partial charge in [-0.15, -0.1) is 0 Å². The van der Waals surface area contributed by atoms with Crippen LogP contribution in [0.5, 0.6) is 5.75 Å². The molecule has 0 saturated heterocycles. The lowest BCUT2D eigenvalue weighted by Crippen LogP contribution is -2.21. The van der Waals surface area contributed by atoms with Crippen molar-refractivity contribution in [2.75, 3.05) is 11.9 Å². The minimum atomic E-state index is -0.170. The third-order valence-corrected chi connectivity index (χ3v) is 4.50. The number of ether oxygens (including phenoxy) is 1. The minimum Gasteiger partial charge on any atom is -0.483 e. The lowest BCUT2D eigenvalue weighted by atomic mass is 10.1. The Hall–Kier alpha value is -1.08. The number of aryl methyl sites for hydroxylation is 1. The van der Waals surface area contributed by atoms with Crippen molar-refractivity contribution < 1.29 is 9.53 Å². The zero-order valence-corrected chi connectivity index (χ0v) is 15.5. The minimum absolute atomic E-state index is 0.00353. The summed E-state index contributed by atoms with van der Waals surface area (Å²) in [6.45, 7) is 4.00. The highest BCUT2D eigenvalue weighted by atomic mass is 127. The summed E-state index contributed by atoms with van der Waals surface area (Å²) in [6.07, 6.45) is 0. The van der Waals surface area contributed by atoms with Gasteiger partial charge in [0.2, 0.25) is 0 Å². The second kappa shape index (κ2) is 7.26. The number of hydrogen-bond acceptors (Lipinski definition) is 2. The molecule has 2 aromatic rings. The Kier molecular flexibility index (Phi) is 5.64. The van der Waals surface area contributed by atoms with E-state index in [4.69, 9.17) is 4.74 Å². The van der Waals surface area contributed by atoms with Crippen LogP contribution in [-0.2, 0) is 4.79 Å². The zero-order chi connectivity index (χ0) is 15.4. The molecule has 0 aromatic heterocycles. The van der Waals surface area contributed by atoms with Crippen molar-refractivity contribution in [3.8, 4) is 5.75 Å². The quantitative estimate of drug-likeness (QED) is 0.673. The Morgan fingerprint density at radius 1 is 1.29 bits per heavy atom. The average molecular weight is 460 g/mol. The molecule has 0 spiro atoms. The number of carbonyl (C=O) groups excluding carboxylic acids is 1. The molecule has 0 saturated carbocycles. The van der Waals surface area contributed by atoms with Gasteiger partial charge in [-0.05, 0) is 71.8 Å². The molecule has 5 heteroatoms. The van der Waals surface area contributed by atoms with Crippen LogP contribution < -0.4 is 10.1 Å². The van der Waals surface area contributed by atoms with Gasteiger partial charge in [-0.25, -0.2) is 0 Å². The first-order valence-electron chi connectivity index (χ1n) is 6.41. The summed E-state index contributed by atoms with van der Waals surface area (Å²) in [5, 5.41) is 2.85. The van der Waals surface area contributed by atoms with Crippen molar-refractivity contribution in [2.24, 2.45) is 0 Å². The smallest absolute Gasteiger partial charge is 0.262 e. The first kappa shape index (κ1) is 16.3. The van der Waals surface area contributed by atoms with Crippen LogP contribution in [0.4, 0.5) is 5.69 Å². The molecule has 21 heavy (non-hydrogen) atoms. The molecule has 0 fully saturated rings. The second-order valence-corrected chi connectivity index (χ2v) is 6.74. The zero-order valence-electron chi connectivity index (χ0n) is 11.7. The molecule has 2 rings (SSSR count). The average Bonchev–Trinajstić information content (AvgIpc) is 2.43. The molecule has 0 radical (unpaired) electrons. The number of nitrogens with one attached hydrogen (secondary N) is 1. The van der Waals surface area contributed by atoms with Crippen LogP contribution in [0.3, 0.4) is 0 Å². The van der Waals surface area contributed by atoms with E-state index in [0.717, 1.165) is 30.6 Å². The monoisotopic (exact) mass is 459 g/mol. The normalized spacial score (nSPS) is 10.3. The lowest BCUT2D eigenvalue weighted by molar-refractivity contribution is -0.118. The summed E-state index contributed by atoms with van der Waals surface area (Å²) in [5.41, 5.74) is 2.99. The number of amides is 1. The number of halogens is 2. The van der Waals surface area contributed by atoms with E-state index in [2.05, 4.69) is 43.8 Å². The van der Waals surface area contributed by atoms with Gasteiger partial charge >= 0.3 is 0 Å². The number of benzene rings is 2. The summed E-state index contributed by atoms with van der Waals surface area (Å²) in [4.78, 5) is 12.0. The van der Waals surface area contributed by atoms with Gasteiger partial charge in [-0.2, -0.15) is 0 Å². The van der Waals surface area contributed by atoms with Crippen molar-refractivity contribution >= 4 is 50.1 Å². The maximum Gasteiger partial charge on any atom is 0.262 e. The third kappa shape index (κ3) is 4.44. The molecule has 0 atom stereocenters. The fraction of sp³-hybridized carbons (Fsp3) is 0.188. The van der Waals surface area contributed by atoms with Crippen LogP contribution in [0.2, 0.25) is 0 Å². The summed E-state index contributed by atoms with van der Waals surface area (Å²) >= 11 is 5.58. The predicted octanol–water partition coefficient (Wildman–Crippen LogP) is 4.69. The van der Waals surface area contributed by atoms with Gasteiger partial charge in [0.05, 0.1) is 5.69 Å². The van der Waals surface area contributed by atoms with E-state index in [9.17, 15) is 4.79 Å². The van der Waals surface area contributed by atoms with Crippen LogP contribution >= 0.6 is 38.5 Å². The SMILES string of the molecule is Cc1cccc(OCC(=O)Nc2ccc(Br)cc2I)c1C. The molecule has 0 unspecified atom stereocenters. The van der Waals surface area contributed by atoms with E-state index in [1.54, 1.807) is 0 Å². The molecular weight excluding hydrogens is 445 g/mol. The van der Waals surface area contributed by atoms with Gasteiger partial charge < -0.3 is 10.1 Å². The summed E-state index contributed by atoms with van der Waals surface area (Å²) in [7, 11) is 0. The number of anilines is 1. The first-order valence-corrected chi connectivity index (χ1v) is 8.28. The van der Waals surface area contributed by atoms with Crippen molar-refractivity contribution in [2.45, 2.75) is 13.8 Å². The van der Waals surface area contributed by atoms with Gasteiger partial charge in [0.1, 0.15) is 5.75 Å². The maximum atomic E-state index is 12.0. The van der Waals surface area contributed by atoms with E-state index in [1.807, 2.05) is 50.2 Å². The molecule has 1 amide bonds. The summed E-state index contributed by atoms with van der Waals surface area (Å²) < 4.78 is 7.55. The topological polar surface area (TPSA) is 38.3 Å². The Morgan fingerprint density at radius 2 is 2.05 bits per heavy atom. The standard InChI is InChI=1S/C16H15BrINO2/c1-10-4-3-5-15(11(10)2)21-9-16(20)19-14-7-6-12(17)8-13(14)18/h3-8H,9H2,1-2H3,(H,19,20). The fourth-order valence-corrected chi connectivity index (χ4v) is 3.24. The molecular formula is C16H15BrINO2. The largest absolute Gasteiger partial charge is 0.483 e. The van der Waals surface area contributed by atoms with E-state index in [1.165, 1.54) is 0 Å². The van der Waals surface area contributed by atoms with Crippen LogP contribution in [0.1, 0.15) is 11.1 Å². The maximum absolute atomic E-state index is 12.0. The third-order valence-electron chi connectivity index (χ3n) is 3.12. The van der Waals surface area contributed by atoms with Gasteiger partial charge in [-0.3, -0.25) is 4.79 Å². The Balaban J connectivity index is 1.97. The molecule has 2 aromatic carbocycles. The van der Waals surface area contributed by atoms with Crippen molar-refractivity contribution in [3.05, 3.63) is 55.6 Å². The van der Waals surface area contributed by atoms with Crippen molar-refractivity contribution in [1.82, 2.24) is 0 Å². The molecule has 110 valence electrons. The van der Waals surface area contributed by atoms with Gasteiger partial charge in [0.25, 0.3) is 5.91 Å². The van der Waals surface area contributed by atoms with Gasteiger partial charge in [-0.1, -0.05) is 28.1 Å². The van der Waals surface area contributed by atoms with E-state index >= 15 is 0 Å². The molecule has 0 aliphatic heterocycles. The van der Waals surface area contributed by atoms with Crippen LogP contribution in [-0.4, -0.2) is 12.5 Å². The lowest BCUT2D eigenvalue weighted by Gasteiger charge is -2.11. The van der Waals surface area contributed by atoms with Gasteiger partial charge in [0, 0.05) is 8.04 Å². The first-order chi connectivity index (χ1) is 9.97. The van der Waals surface area contributed by atoms with E-state index in [-0.39, 0.29) is 12.5 Å². The van der Waals surface area contributed by atoms with Crippen molar-refractivity contribution in [1.29, 1.82) is 0 Å². The highest BCUT2D eigenvalue weighted by Gasteiger charge is 2.08. The van der Waals surface area contributed by atoms with E-state index in [0.29, 0.717) is 0 Å². The Morgan fingerprint density at radius 3 is 2.76 bits per heavy atom. The number of rotatable bonds is 4.